The van der Waals surface area contributed by atoms with Crippen molar-refractivity contribution in [3.63, 3.8) is 0 Å². The van der Waals surface area contributed by atoms with E-state index in [2.05, 4.69) is 48.0 Å². The van der Waals surface area contributed by atoms with E-state index in [0.29, 0.717) is 5.96 Å². The van der Waals surface area contributed by atoms with Crippen molar-refractivity contribution in [1.82, 2.24) is 0 Å². The fraction of sp³-hybridized carbons (Fsp3) is 0.562. The van der Waals surface area contributed by atoms with E-state index in [1.807, 2.05) is 0 Å². The van der Waals surface area contributed by atoms with Gasteiger partial charge in [0.1, 0.15) is 0 Å². The molecule has 1 fully saturated rings. The number of hydrogen-bond donors (Lipinski definition) is 1. The average Bonchev–Trinajstić information content (AvgIpc) is 2.61. The summed E-state index contributed by atoms with van der Waals surface area (Å²) in [5, 5.41) is 0. The molecule has 0 saturated heterocycles. The first kappa shape index (κ1) is 12.5. The summed E-state index contributed by atoms with van der Waals surface area (Å²) in [6, 6.07) is 8.56. The molecule has 2 N–H and O–H groups in total. The second-order valence-electron chi connectivity index (χ2n) is 6.35. The fourth-order valence-electron chi connectivity index (χ4n) is 3.35. The number of anilines is 1. The minimum absolute atomic E-state index is 0.0585. The Balaban J connectivity index is 1.88. The van der Waals surface area contributed by atoms with Crippen LogP contribution in [0.5, 0.6) is 0 Å². The first-order chi connectivity index (χ1) is 9.08. The monoisotopic (exact) mass is 257 g/mol. The van der Waals surface area contributed by atoms with Gasteiger partial charge in [-0.1, -0.05) is 31.4 Å². The summed E-state index contributed by atoms with van der Waals surface area (Å²) in [5.74, 6) is 1.53. The predicted molar refractivity (Wildman–Crippen MR) is 80.5 cm³/mol. The average molecular weight is 257 g/mol. The van der Waals surface area contributed by atoms with E-state index in [4.69, 9.17) is 5.73 Å². The molecule has 0 aromatic heterocycles. The Hall–Kier alpha value is -1.51. The van der Waals surface area contributed by atoms with E-state index < -0.39 is 0 Å². The van der Waals surface area contributed by atoms with Crippen molar-refractivity contribution in [1.29, 1.82) is 0 Å². The van der Waals surface area contributed by atoms with Gasteiger partial charge in [-0.15, -0.1) is 0 Å². The molecule has 1 aliphatic carbocycles. The number of aryl methyl sites for hydroxylation is 1. The van der Waals surface area contributed by atoms with Crippen molar-refractivity contribution in [3.05, 3.63) is 29.8 Å². The van der Waals surface area contributed by atoms with Crippen LogP contribution >= 0.6 is 0 Å². The Morgan fingerprint density at radius 1 is 1.42 bits per heavy atom. The first-order valence-electron chi connectivity index (χ1n) is 7.25. The molecule has 3 rings (SSSR count). The van der Waals surface area contributed by atoms with Crippen molar-refractivity contribution in [2.75, 3.05) is 11.4 Å². The van der Waals surface area contributed by atoms with Crippen LogP contribution in [0.25, 0.3) is 0 Å². The highest BCUT2D eigenvalue weighted by Crippen LogP contribution is 2.39. The Bertz CT molecular complexity index is 504. The summed E-state index contributed by atoms with van der Waals surface area (Å²) in [6.45, 7) is 5.25. The van der Waals surface area contributed by atoms with Gasteiger partial charge in [0.15, 0.2) is 5.96 Å². The lowest BCUT2D eigenvalue weighted by atomic mass is 9.76. The van der Waals surface area contributed by atoms with E-state index in [1.165, 1.54) is 36.9 Å². The molecule has 102 valence electrons. The van der Waals surface area contributed by atoms with Crippen LogP contribution in [0.2, 0.25) is 0 Å². The quantitative estimate of drug-likeness (QED) is 0.904. The molecular weight excluding hydrogens is 234 g/mol. The summed E-state index contributed by atoms with van der Waals surface area (Å²) < 4.78 is 0. The highest BCUT2D eigenvalue weighted by Gasteiger charge is 2.41. The fourth-order valence-corrected chi connectivity index (χ4v) is 3.35. The van der Waals surface area contributed by atoms with Crippen molar-refractivity contribution in [2.45, 2.75) is 45.1 Å². The van der Waals surface area contributed by atoms with E-state index >= 15 is 0 Å². The molecule has 1 aliphatic heterocycles. The van der Waals surface area contributed by atoms with Gasteiger partial charge < -0.3 is 10.6 Å². The van der Waals surface area contributed by atoms with Crippen LogP contribution in [0.15, 0.2) is 29.3 Å². The lowest BCUT2D eigenvalue weighted by molar-refractivity contribution is 0.243. The standard InChI is InChI=1S/C16H23N3/c1-12-5-3-8-14(9-12)19-15(17)18-11-16(19,2)10-13-6-4-7-13/h3,5,8-9,13H,4,6-7,10-11H2,1-2H3,(H2,17,18). The number of rotatable bonds is 3. The molecule has 1 heterocycles. The Labute approximate surface area is 115 Å². The molecule has 3 heteroatoms. The number of guanidine groups is 1. The van der Waals surface area contributed by atoms with Gasteiger partial charge >= 0.3 is 0 Å². The third kappa shape index (κ3) is 2.22. The van der Waals surface area contributed by atoms with Gasteiger partial charge in [-0.3, -0.25) is 4.99 Å². The van der Waals surface area contributed by atoms with Gasteiger partial charge in [-0.2, -0.15) is 0 Å². The predicted octanol–water partition coefficient (Wildman–Crippen LogP) is 3.08. The third-order valence-corrected chi connectivity index (χ3v) is 4.56. The minimum Gasteiger partial charge on any atom is -0.369 e. The number of hydrogen-bond acceptors (Lipinski definition) is 3. The maximum Gasteiger partial charge on any atom is 0.196 e. The summed E-state index contributed by atoms with van der Waals surface area (Å²) >= 11 is 0. The highest BCUT2D eigenvalue weighted by molar-refractivity contribution is 5.98. The molecule has 0 radical (unpaired) electrons. The molecule has 1 saturated carbocycles. The van der Waals surface area contributed by atoms with Crippen molar-refractivity contribution >= 4 is 11.6 Å². The van der Waals surface area contributed by atoms with Crippen LogP contribution in [-0.4, -0.2) is 18.0 Å². The summed E-state index contributed by atoms with van der Waals surface area (Å²) in [4.78, 5) is 6.76. The van der Waals surface area contributed by atoms with Crippen molar-refractivity contribution < 1.29 is 0 Å². The van der Waals surface area contributed by atoms with Gasteiger partial charge in [0.05, 0.1) is 12.1 Å². The zero-order chi connectivity index (χ0) is 13.5. The van der Waals surface area contributed by atoms with Gasteiger partial charge in [0, 0.05) is 5.69 Å². The zero-order valence-corrected chi connectivity index (χ0v) is 11.9. The Morgan fingerprint density at radius 3 is 2.84 bits per heavy atom. The maximum atomic E-state index is 6.15. The Kier molecular flexibility index (Phi) is 3.00. The van der Waals surface area contributed by atoms with Crippen molar-refractivity contribution in [2.24, 2.45) is 16.6 Å². The summed E-state index contributed by atoms with van der Waals surface area (Å²) in [7, 11) is 0. The summed E-state index contributed by atoms with van der Waals surface area (Å²) in [5.41, 5.74) is 8.65. The molecule has 1 atom stereocenters. The molecule has 0 spiro atoms. The van der Waals surface area contributed by atoms with E-state index in [1.54, 1.807) is 0 Å². The third-order valence-electron chi connectivity index (χ3n) is 4.56. The van der Waals surface area contributed by atoms with E-state index in [0.717, 1.165) is 12.5 Å². The number of aliphatic imine (C=N–C) groups is 1. The van der Waals surface area contributed by atoms with Gasteiger partial charge in [-0.25, -0.2) is 0 Å². The topological polar surface area (TPSA) is 41.6 Å². The van der Waals surface area contributed by atoms with E-state index in [9.17, 15) is 0 Å². The highest BCUT2D eigenvalue weighted by atomic mass is 15.4. The first-order valence-corrected chi connectivity index (χ1v) is 7.25. The molecule has 19 heavy (non-hydrogen) atoms. The molecule has 1 unspecified atom stereocenters. The summed E-state index contributed by atoms with van der Waals surface area (Å²) in [6.07, 6.45) is 5.33. The minimum atomic E-state index is 0.0585. The van der Waals surface area contributed by atoms with Crippen LogP contribution in [0.1, 0.15) is 38.2 Å². The smallest absolute Gasteiger partial charge is 0.196 e. The van der Waals surface area contributed by atoms with Crippen LogP contribution in [0, 0.1) is 12.8 Å². The number of nitrogens with two attached hydrogens (primary N) is 1. The number of benzene rings is 1. The lowest BCUT2D eigenvalue weighted by Gasteiger charge is -2.41. The van der Waals surface area contributed by atoms with Crippen LogP contribution in [0.4, 0.5) is 5.69 Å². The van der Waals surface area contributed by atoms with E-state index in [-0.39, 0.29) is 5.54 Å². The second kappa shape index (κ2) is 4.55. The molecule has 3 nitrogen and oxygen atoms in total. The SMILES string of the molecule is Cc1cccc(N2C(N)=NCC2(C)CC2CCC2)c1. The van der Waals surface area contributed by atoms with Gasteiger partial charge in [0.25, 0.3) is 0 Å². The molecule has 1 aromatic rings. The van der Waals surface area contributed by atoms with Crippen LogP contribution in [0.3, 0.4) is 0 Å². The molecule has 2 aliphatic rings. The molecular formula is C16H23N3. The lowest BCUT2D eigenvalue weighted by Crippen LogP contribution is -2.51. The van der Waals surface area contributed by atoms with Crippen molar-refractivity contribution in [3.8, 4) is 0 Å². The molecule has 1 aromatic carbocycles. The maximum absolute atomic E-state index is 6.15. The van der Waals surface area contributed by atoms with Crippen LogP contribution in [-0.2, 0) is 0 Å². The molecule has 0 bridgehead atoms. The van der Waals surface area contributed by atoms with Gasteiger partial charge in [0.2, 0.25) is 0 Å². The zero-order valence-electron chi connectivity index (χ0n) is 11.9. The van der Waals surface area contributed by atoms with Gasteiger partial charge in [-0.05, 0) is 43.9 Å². The number of nitrogens with zero attached hydrogens (tertiary/aromatic N) is 2. The largest absolute Gasteiger partial charge is 0.369 e. The Morgan fingerprint density at radius 2 is 2.21 bits per heavy atom. The normalized spacial score (nSPS) is 27.3. The molecule has 0 amide bonds. The van der Waals surface area contributed by atoms with Crippen LogP contribution < -0.4 is 10.6 Å². The second-order valence-corrected chi connectivity index (χ2v) is 6.35.